The molecule has 0 aliphatic rings. The second-order valence-corrected chi connectivity index (χ2v) is 7.69. The van der Waals surface area contributed by atoms with E-state index >= 15 is 0 Å². The summed E-state index contributed by atoms with van der Waals surface area (Å²) in [7, 11) is 0. The molecule has 2 aromatic carbocycles. The topological polar surface area (TPSA) is 51.2 Å². The van der Waals surface area contributed by atoms with Gasteiger partial charge in [0.05, 0.1) is 10.2 Å². The number of carbonyl (C=O) groups is 1. The Bertz CT molecular complexity index is 933. The second kappa shape index (κ2) is 7.87. The zero-order valence-corrected chi connectivity index (χ0v) is 16.4. The molecular formula is C21H24N2O2S. The average molecular weight is 369 g/mol. The minimum Gasteiger partial charge on any atom is -0.483 e. The van der Waals surface area contributed by atoms with E-state index in [1.165, 1.54) is 22.5 Å². The fourth-order valence-electron chi connectivity index (χ4n) is 2.80. The van der Waals surface area contributed by atoms with Crippen molar-refractivity contribution < 1.29 is 9.53 Å². The van der Waals surface area contributed by atoms with Crippen LogP contribution >= 0.6 is 11.3 Å². The number of nitrogens with zero attached hydrogens (tertiary/aromatic N) is 1. The number of aromatic nitrogens is 1. The first kappa shape index (κ1) is 18.4. The molecule has 0 saturated carbocycles. The lowest BCUT2D eigenvalue weighted by molar-refractivity contribution is -0.118. The van der Waals surface area contributed by atoms with Gasteiger partial charge in [0.2, 0.25) is 0 Å². The fraction of sp³-hybridized carbons (Fsp3) is 0.333. The van der Waals surface area contributed by atoms with Crippen LogP contribution in [0, 0.1) is 13.8 Å². The van der Waals surface area contributed by atoms with Crippen molar-refractivity contribution in [3.63, 3.8) is 0 Å². The zero-order valence-electron chi connectivity index (χ0n) is 15.6. The summed E-state index contributed by atoms with van der Waals surface area (Å²) in [4.78, 5) is 16.7. The average Bonchev–Trinajstić information content (AvgIpc) is 3.01. The lowest BCUT2D eigenvalue weighted by Gasteiger charge is -2.09. The first-order valence-electron chi connectivity index (χ1n) is 8.86. The summed E-state index contributed by atoms with van der Waals surface area (Å²) >= 11 is 1.50. The van der Waals surface area contributed by atoms with Crippen molar-refractivity contribution in [1.82, 2.24) is 4.98 Å². The smallest absolute Gasteiger partial charge is 0.264 e. The van der Waals surface area contributed by atoms with E-state index in [-0.39, 0.29) is 12.5 Å². The quantitative estimate of drug-likeness (QED) is 0.630. The molecule has 3 aromatic rings. The molecule has 0 fully saturated rings. The van der Waals surface area contributed by atoms with E-state index in [4.69, 9.17) is 4.74 Å². The number of rotatable bonds is 6. The number of benzene rings is 2. The molecule has 3 rings (SSSR count). The van der Waals surface area contributed by atoms with E-state index < -0.39 is 0 Å². The first-order valence-corrected chi connectivity index (χ1v) is 9.68. The van der Waals surface area contributed by atoms with Crippen LogP contribution in [0.4, 0.5) is 5.13 Å². The number of anilines is 1. The Kier molecular flexibility index (Phi) is 5.57. The molecule has 5 heteroatoms. The third-order valence-electron chi connectivity index (χ3n) is 4.53. The highest BCUT2D eigenvalue weighted by Crippen LogP contribution is 2.30. The van der Waals surface area contributed by atoms with Crippen LogP contribution in [0.1, 0.15) is 42.9 Å². The summed E-state index contributed by atoms with van der Waals surface area (Å²) in [5.41, 5.74) is 4.41. The molecule has 1 N–H and O–H groups in total. The van der Waals surface area contributed by atoms with Gasteiger partial charge in [-0.15, -0.1) is 0 Å². The van der Waals surface area contributed by atoms with Crippen LogP contribution in [-0.2, 0) is 4.79 Å². The molecule has 0 spiro atoms. The van der Waals surface area contributed by atoms with Crippen LogP contribution in [-0.4, -0.2) is 17.5 Å². The minimum atomic E-state index is -0.203. The van der Waals surface area contributed by atoms with Crippen molar-refractivity contribution in [2.75, 3.05) is 11.9 Å². The summed E-state index contributed by atoms with van der Waals surface area (Å²) in [6, 6.07) is 12.2. The number of nitrogens with one attached hydrogen (secondary N) is 1. The Balaban J connectivity index is 1.65. The molecule has 26 heavy (non-hydrogen) atoms. The third kappa shape index (κ3) is 4.22. The Labute approximate surface area is 158 Å². The Morgan fingerprint density at radius 3 is 2.77 bits per heavy atom. The molecule has 1 amide bonds. The Morgan fingerprint density at radius 2 is 2.04 bits per heavy atom. The second-order valence-electron chi connectivity index (χ2n) is 6.66. The predicted octanol–water partition coefficient (Wildman–Crippen LogP) is 5.44. The molecule has 1 atom stereocenters. The van der Waals surface area contributed by atoms with Crippen molar-refractivity contribution in [3.8, 4) is 5.75 Å². The highest BCUT2D eigenvalue weighted by molar-refractivity contribution is 7.22. The van der Waals surface area contributed by atoms with Crippen LogP contribution < -0.4 is 10.1 Å². The maximum Gasteiger partial charge on any atom is 0.264 e. The van der Waals surface area contributed by atoms with Crippen LogP contribution in [0.15, 0.2) is 36.4 Å². The molecule has 0 aliphatic heterocycles. The van der Waals surface area contributed by atoms with Crippen LogP contribution in [0.2, 0.25) is 0 Å². The molecule has 1 aromatic heterocycles. The zero-order chi connectivity index (χ0) is 18.7. The molecular weight excluding hydrogens is 344 g/mol. The number of carbonyl (C=O) groups excluding carboxylic acids is 1. The standard InChI is InChI=1S/C21H24N2O2S/c1-5-14(3)16-7-8-17-19(11-16)26-21(22-17)23-20(24)12-25-18-9-6-13(2)10-15(18)4/h6-11,14H,5,12H2,1-4H3,(H,22,23,24). The predicted molar refractivity (Wildman–Crippen MR) is 108 cm³/mol. The van der Waals surface area contributed by atoms with Gasteiger partial charge in [0, 0.05) is 0 Å². The molecule has 136 valence electrons. The number of thiazole rings is 1. The van der Waals surface area contributed by atoms with Gasteiger partial charge in [-0.2, -0.15) is 0 Å². The van der Waals surface area contributed by atoms with Gasteiger partial charge in [-0.25, -0.2) is 4.98 Å². The van der Waals surface area contributed by atoms with Crippen molar-refractivity contribution in [3.05, 3.63) is 53.1 Å². The van der Waals surface area contributed by atoms with Crippen LogP contribution in [0.3, 0.4) is 0 Å². The lowest BCUT2D eigenvalue weighted by atomic mass is 9.99. The van der Waals surface area contributed by atoms with Gasteiger partial charge >= 0.3 is 0 Å². The summed E-state index contributed by atoms with van der Waals surface area (Å²) in [5.74, 6) is 1.05. The molecule has 1 unspecified atom stereocenters. The first-order chi connectivity index (χ1) is 12.5. The van der Waals surface area contributed by atoms with E-state index in [1.807, 2.05) is 38.1 Å². The van der Waals surface area contributed by atoms with E-state index in [2.05, 4.69) is 36.3 Å². The molecule has 0 bridgehead atoms. The maximum absolute atomic E-state index is 12.2. The number of hydrogen-bond acceptors (Lipinski definition) is 4. The van der Waals surface area contributed by atoms with Crippen molar-refractivity contribution >= 4 is 32.6 Å². The van der Waals surface area contributed by atoms with E-state index in [0.717, 1.165) is 28.0 Å². The monoisotopic (exact) mass is 368 g/mol. The maximum atomic E-state index is 12.2. The Morgan fingerprint density at radius 1 is 1.23 bits per heavy atom. The fourth-order valence-corrected chi connectivity index (χ4v) is 3.73. The van der Waals surface area contributed by atoms with Gasteiger partial charge in [-0.3, -0.25) is 10.1 Å². The number of hydrogen-bond donors (Lipinski definition) is 1. The summed E-state index contributed by atoms with van der Waals surface area (Å²) in [6.45, 7) is 8.38. The van der Waals surface area contributed by atoms with Gasteiger partial charge < -0.3 is 4.74 Å². The molecule has 0 saturated heterocycles. The van der Waals surface area contributed by atoms with Crippen molar-refractivity contribution in [2.24, 2.45) is 0 Å². The Hall–Kier alpha value is -2.40. The van der Waals surface area contributed by atoms with Gasteiger partial charge in [0.25, 0.3) is 5.91 Å². The largest absolute Gasteiger partial charge is 0.483 e. The lowest BCUT2D eigenvalue weighted by Crippen LogP contribution is -2.20. The number of aryl methyl sites for hydroxylation is 2. The SMILES string of the molecule is CCC(C)c1ccc2nc(NC(=O)COc3ccc(C)cc3C)sc2c1. The molecule has 0 aliphatic carbocycles. The summed E-state index contributed by atoms with van der Waals surface area (Å²) in [6.07, 6.45) is 1.10. The van der Waals surface area contributed by atoms with Crippen LogP contribution in [0.5, 0.6) is 5.75 Å². The van der Waals surface area contributed by atoms with Crippen LogP contribution in [0.25, 0.3) is 10.2 Å². The van der Waals surface area contributed by atoms with E-state index in [1.54, 1.807) is 0 Å². The van der Waals surface area contributed by atoms with Gasteiger partial charge in [-0.05, 0) is 55.5 Å². The summed E-state index contributed by atoms with van der Waals surface area (Å²) in [5, 5.41) is 3.45. The number of amides is 1. The van der Waals surface area contributed by atoms with Gasteiger partial charge in [-0.1, -0.05) is 48.9 Å². The highest BCUT2D eigenvalue weighted by Gasteiger charge is 2.11. The van der Waals surface area contributed by atoms with E-state index in [0.29, 0.717) is 11.0 Å². The molecule has 1 heterocycles. The van der Waals surface area contributed by atoms with Crippen molar-refractivity contribution in [2.45, 2.75) is 40.0 Å². The minimum absolute atomic E-state index is 0.0298. The van der Waals surface area contributed by atoms with Gasteiger partial charge in [0.1, 0.15) is 5.75 Å². The normalized spacial score (nSPS) is 12.2. The number of ether oxygens (including phenoxy) is 1. The molecule has 4 nitrogen and oxygen atoms in total. The highest BCUT2D eigenvalue weighted by atomic mass is 32.1. The molecule has 0 radical (unpaired) electrons. The number of fused-ring (bicyclic) bond motifs is 1. The van der Waals surface area contributed by atoms with Gasteiger partial charge in [0.15, 0.2) is 11.7 Å². The third-order valence-corrected chi connectivity index (χ3v) is 5.46. The van der Waals surface area contributed by atoms with E-state index in [9.17, 15) is 4.79 Å². The summed E-state index contributed by atoms with van der Waals surface area (Å²) < 4.78 is 6.72. The van der Waals surface area contributed by atoms with Crippen molar-refractivity contribution in [1.29, 1.82) is 0 Å².